The van der Waals surface area contributed by atoms with E-state index < -0.39 is 9.84 Å². The summed E-state index contributed by atoms with van der Waals surface area (Å²) in [7, 11) is -3.60. The second-order valence-corrected chi connectivity index (χ2v) is 9.10. The molecule has 0 spiro atoms. The van der Waals surface area contributed by atoms with Crippen molar-refractivity contribution < 1.29 is 18.4 Å². The van der Waals surface area contributed by atoms with Gasteiger partial charge >= 0.3 is 0 Å². The van der Waals surface area contributed by atoms with E-state index in [1.165, 1.54) is 4.52 Å². The molecule has 0 saturated carbocycles. The minimum Gasteiger partial charge on any atom is -0.350 e. The standard InChI is InChI=1S/C19H21N6O3S/c1-12(2)15-10-21-25-17(15)22-19(29(3,27)28)23-18(25)20-9-14-6-4-5-13-7-8-24(26)11-16(13)14/h4-8,10-12,26H,9H2,1-3H3,(H,20,22,23)/q+1. The van der Waals surface area contributed by atoms with Crippen molar-refractivity contribution in [3.63, 3.8) is 0 Å². The molecule has 0 unspecified atom stereocenters. The zero-order valence-electron chi connectivity index (χ0n) is 16.2. The van der Waals surface area contributed by atoms with Crippen LogP contribution in [-0.4, -0.2) is 39.5 Å². The normalized spacial score (nSPS) is 12.1. The maximum Gasteiger partial charge on any atom is 0.252 e. The molecule has 0 amide bonds. The van der Waals surface area contributed by atoms with E-state index in [-0.39, 0.29) is 17.0 Å². The van der Waals surface area contributed by atoms with Crippen LogP contribution in [0.25, 0.3) is 16.4 Å². The molecule has 0 fully saturated rings. The van der Waals surface area contributed by atoms with Crippen molar-refractivity contribution in [1.82, 2.24) is 19.6 Å². The van der Waals surface area contributed by atoms with Crippen molar-refractivity contribution in [2.45, 2.75) is 31.5 Å². The number of benzene rings is 1. The van der Waals surface area contributed by atoms with E-state index in [9.17, 15) is 13.6 Å². The Morgan fingerprint density at radius 2 is 2.03 bits per heavy atom. The quantitative estimate of drug-likeness (QED) is 0.380. The van der Waals surface area contributed by atoms with Crippen LogP contribution in [0.3, 0.4) is 0 Å². The Balaban J connectivity index is 1.79. The van der Waals surface area contributed by atoms with Crippen LogP contribution in [0.1, 0.15) is 30.9 Å². The molecule has 29 heavy (non-hydrogen) atoms. The summed E-state index contributed by atoms with van der Waals surface area (Å²) in [6.07, 6.45) is 5.94. The van der Waals surface area contributed by atoms with Crippen LogP contribution < -0.4 is 10.0 Å². The van der Waals surface area contributed by atoms with E-state index in [2.05, 4.69) is 20.4 Å². The topological polar surface area (TPSA) is 113 Å². The highest BCUT2D eigenvalue weighted by atomic mass is 32.2. The average Bonchev–Trinajstić information content (AvgIpc) is 3.10. The van der Waals surface area contributed by atoms with Crippen molar-refractivity contribution in [1.29, 1.82) is 0 Å². The van der Waals surface area contributed by atoms with Gasteiger partial charge in [-0.3, -0.25) is 5.21 Å². The van der Waals surface area contributed by atoms with Gasteiger partial charge in [0.2, 0.25) is 28.2 Å². The molecule has 3 aromatic heterocycles. The molecule has 4 aromatic rings. The van der Waals surface area contributed by atoms with Crippen LogP contribution in [0, 0.1) is 0 Å². The lowest BCUT2D eigenvalue weighted by molar-refractivity contribution is -0.904. The van der Waals surface area contributed by atoms with Crippen LogP contribution in [0.5, 0.6) is 0 Å². The fourth-order valence-electron chi connectivity index (χ4n) is 3.16. The smallest absolute Gasteiger partial charge is 0.252 e. The predicted molar refractivity (Wildman–Crippen MR) is 107 cm³/mol. The van der Waals surface area contributed by atoms with E-state index in [1.54, 1.807) is 18.6 Å². The summed E-state index contributed by atoms with van der Waals surface area (Å²) in [6.45, 7) is 4.34. The lowest BCUT2D eigenvalue weighted by atomic mass is 10.1. The molecule has 0 saturated heterocycles. The molecular weight excluding hydrogens is 392 g/mol. The first-order valence-corrected chi connectivity index (χ1v) is 10.9. The molecule has 0 radical (unpaired) electrons. The summed E-state index contributed by atoms with van der Waals surface area (Å²) in [5.74, 6) is 0.410. The number of pyridine rings is 1. The summed E-state index contributed by atoms with van der Waals surface area (Å²) >= 11 is 0. The summed E-state index contributed by atoms with van der Waals surface area (Å²) in [6, 6.07) is 7.61. The number of hydrogen-bond donors (Lipinski definition) is 2. The van der Waals surface area contributed by atoms with Crippen LogP contribution in [-0.2, 0) is 16.4 Å². The number of aromatic nitrogens is 5. The fraction of sp³-hybridized carbons (Fsp3) is 0.263. The molecule has 3 heterocycles. The van der Waals surface area contributed by atoms with Gasteiger partial charge in [-0.1, -0.05) is 32.0 Å². The zero-order chi connectivity index (χ0) is 20.8. The SMILES string of the molecule is CC(C)c1cnn2c(NCc3cccc4cc[n+](O)cc34)nc(S(C)(=O)=O)nc12. The Kier molecular flexibility index (Phi) is 4.58. The largest absolute Gasteiger partial charge is 0.350 e. The van der Waals surface area contributed by atoms with E-state index in [1.807, 2.05) is 38.1 Å². The first kappa shape index (κ1) is 19.1. The van der Waals surface area contributed by atoms with Crippen molar-refractivity contribution >= 4 is 32.2 Å². The molecule has 1 aromatic carbocycles. The van der Waals surface area contributed by atoms with Crippen LogP contribution in [0.2, 0.25) is 0 Å². The highest BCUT2D eigenvalue weighted by Gasteiger charge is 2.20. The van der Waals surface area contributed by atoms with Gasteiger partial charge in [0.25, 0.3) is 5.16 Å². The van der Waals surface area contributed by atoms with Crippen LogP contribution >= 0.6 is 0 Å². The van der Waals surface area contributed by atoms with E-state index >= 15 is 0 Å². The minimum absolute atomic E-state index is 0.126. The third kappa shape index (κ3) is 3.58. The number of fused-ring (bicyclic) bond motifs is 2. The number of nitrogens with one attached hydrogen (secondary N) is 1. The van der Waals surface area contributed by atoms with E-state index in [0.717, 1.165) is 32.9 Å². The van der Waals surface area contributed by atoms with Crippen molar-refractivity contribution in [2.24, 2.45) is 0 Å². The number of nitrogens with zero attached hydrogens (tertiary/aromatic N) is 5. The highest BCUT2D eigenvalue weighted by Crippen LogP contribution is 2.23. The Hall–Kier alpha value is -3.27. The number of anilines is 1. The molecule has 4 rings (SSSR count). The molecule has 0 aliphatic carbocycles. The molecular formula is C19H21N6O3S+. The first-order valence-electron chi connectivity index (χ1n) is 9.06. The number of rotatable bonds is 5. The maximum absolute atomic E-state index is 12.1. The molecule has 9 nitrogen and oxygen atoms in total. The molecule has 150 valence electrons. The van der Waals surface area contributed by atoms with Crippen LogP contribution in [0.15, 0.2) is 48.0 Å². The van der Waals surface area contributed by atoms with Crippen molar-refractivity contribution in [3.8, 4) is 0 Å². The third-order valence-corrected chi connectivity index (χ3v) is 5.51. The number of hydrogen-bond acceptors (Lipinski definition) is 7. The van der Waals surface area contributed by atoms with Gasteiger partial charge in [0.05, 0.1) is 11.6 Å². The average molecular weight is 413 g/mol. The van der Waals surface area contributed by atoms with Crippen molar-refractivity contribution in [2.75, 3.05) is 11.6 Å². The second kappa shape index (κ2) is 6.96. The summed E-state index contributed by atoms with van der Waals surface area (Å²) in [4.78, 5) is 8.42. The lowest BCUT2D eigenvalue weighted by Crippen LogP contribution is -2.28. The van der Waals surface area contributed by atoms with Gasteiger partial charge in [-0.25, -0.2) is 8.42 Å². The first-order chi connectivity index (χ1) is 13.7. The molecule has 2 N–H and O–H groups in total. The number of sulfone groups is 1. The fourth-order valence-corrected chi connectivity index (χ4v) is 3.66. The second-order valence-electron chi connectivity index (χ2n) is 7.19. The van der Waals surface area contributed by atoms with Crippen molar-refractivity contribution in [3.05, 3.63) is 54.0 Å². The Morgan fingerprint density at radius 1 is 1.24 bits per heavy atom. The summed E-state index contributed by atoms with van der Waals surface area (Å²) < 4.78 is 26.7. The third-order valence-electron chi connectivity index (χ3n) is 4.66. The molecule has 10 heteroatoms. The zero-order valence-corrected chi connectivity index (χ0v) is 17.1. The molecule has 0 bridgehead atoms. The molecule has 0 atom stereocenters. The van der Waals surface area contributed by atoms with Gasteiger partial charge in [0, 0.05) is 29.2 Å². The molecule has 0 aliphatic rings. The van der Waals surface area contributed by atoms with E-state index in [0.29, 0.717) is 12.2 Å². The van der Waals surface area contributed by atoms with Gasteiger partial charge in [0.1, 0.15) is 0 Å². The van der Waals surface area contributed by atoms with Gasteiger partial charge in [0.15, 0.2) is 5.65 Å². The van der Waals surface area contributed by atoms with E-state index in [4.69, 9.17) is 0 Å². The van der Waals surface area contributed by atoms with Gasteiger partial charge in [-0.2, -0.15) is 19.6 Å². The lowest BCUT2D eigenvalue weighted by Gasteiger charge is -2.11. The van der Waals surface area contributed by atoms with Gasteiger partial charge < -0.3 is 5.32 Å². The monoisotopic (exact) mass is 413 g/mol. The highest BCUT2D eigenvalue weighted by molar-refractivity contribution is 7.90. The maximum atomic E-state index is 12.1. The minimum atomic E-state index is -3.60. The predicted octanol–water partition coefficient (Wildman–Crippen LogP) is 1.94. The Morgan fingerprint density at radius 3 is 2.76 bits per heavy atom. The summed E-state index contributed by atoms with van der Waals surface area (Å²) in [5.41, 5.74) is 2.21. The summed E-state index contributed by atoms with van der Waals surface area (Å²) in [5, 5.41) is 18.9. The van der Waals surface area contributed by atoms with Crippen LogP contribution in [0.4, 0.5) is 5.95 Å². The Bertz CT molecular complexity index is 1330. The Labute approximate surface area is 167 Å². The van der Waals surface area contributed by atoms with Gasteiger partial charge in [-0.05, 0) is 16.9 Å². The van der Waals surface area contributed by atoms with Gasteiger partial charge in [-0.15, -0.1) is 0 Å². The molecule has 0 aliphatic heterocycles.